The summed E-state index contributed by atoms with van der Waals surface area (Å²) in [6, 6.07) is 0. The second-order valence-electron chi connectivity index (χ2n) is 3.61. The molecular weight excluding hydrogens is 186 g/mol. The van der Waals surface area contributed by atoms with Gasteiger partial charge in [-0.25, -0.2) is 4.98 Å². The Bertz CT molecular complexity index is 290. The quantitative estimate of drug-likeness (QED) is 0.711. The van der Waals surface area contributed by atoms with E-state index in [0.29, 0.717) is 12.8 Å². The van der Waals surface area contributed by atoms with Crippen molar-refractivity contribution in [3.05, 3.63) is 16.1 Å². The monoisotopic (exact) mass is 199 g/mol. The minimum atomic E-state index is -0.561. The molecule has 1 fully saturated rings. The van der Waals surface area contributed by atoms with Crippen LogP contribution in [-0.2, 0) is 0 Å². The molecule has 2 atom stereocenters. The molecule has 4 heteroatoms. The van der Waals surface area contributed by atoms with Crippen LogP contribution >= 0.6 is 11.3 Å². The summed E-state index contributed by atoms with van der Waals surface area (Å²) in [6.45, 7) is 2.02. The number of rotatable bonds is 1. The molecule has 1 heterocycles. The molecule has 0 bridgehead atoms. The zero-order chi connectivity index (χ0) is 9.42. The van der Waals surface area contributed by atoms with Crippen molar-refractivity contribution in [3.63, 3.8) is 0 Å². The van der Waals surface area contributed by atoms with E-state index in [9.17, 15) is 10.2 Å². The third kappa shape index (κ3) is 1.75. The van der Waals surface area contributed by atoms with E-state index in [4.69, 9.17) is 0 Å². The lowest BCUT2D eigenvalue weighted by Crippen LogP contribution is -2.17. The van der Waals surface area contributed by atoms with Crippen molar-refractivity contribution in [2.75, 3.05) is 0 Å². The van der Waals surface area contributed by atoms with Gasteiger partial charge in [-0.1, -0.05) is 0 Å². The Labute approximate surface area is 81.1 Å². The fourth-order valence-corrected chi connectivity index (χ4v) is 2.66. The van der Waals surface area contributed by atoms with Crippen molar-refractivity contribution < 1.29 is 10.2 Å². The van der Waals surface area contributed by atoms with Crippen molar-refractivity contribution in [2.24, 2.45) is 0 Å². The number of aryl methyl sites for hydroxylation is 1. The van der Waals surface area contributed by atoms with Crippen LogP contribution in [0.2, 0.25) is 0 Å². The van der Waals surface area contributed by atoms with E-state index in [0.717, 1.165) is 5.01 Å². The molecule has 1 saturated carbocycles. The minimum Gasteiger partial charge on any atom is -0.390 e. The van der Waals surface area contributed by atoms with Gasteiger partial charge in [0.2, 0.25) is 0 Å². The highest BCUT2D eigenvalue weighted by Crippen LogP contribution is 2.36. The number of aliphatic hydroxyl groups excluding tert-OH is 2. The first kappa shape index (κ1) is 9.12. The maximum absolute atomic E-state index is 9.36. The second kappa shape index (κ2) is 3.36. The Balaban J connectivity index is 2.11. The van der Waals surface area contributed by atoms with Crippen molar-refractivity contribution in [1.82, 2.24) is 4.98 Å². The highest BCUT2D eigenvalue weighted by atomic mass is 32.1. The number of hydrogen-bond donors (Lipinski definition) is 2. The van der Waals surface area contributed by atoms with Gasteiger partial charge in [0.15, 0.2) is 0 Å². The summed E-state index contributed by atoms with van der Waals surface area (Å²) in [4.78, 5) is 5.45. The molecule has 2 rings (SSSR count). The van der Waals surface area contributed by atoms with Crippen molar-refractivity contribution in [1.29, 1.82) is 0 Å². The van der Waals surface area contributed by atoms with E-state index in [-0.39, 0.29) is 5.92 Å². The molecule has 0 spiro atoms. The molecule has 1 aliphatic rings. The molecule has 2 unspecified atom stereocenters. The minimum absolute atomic E-state index is 0.253. The van der Waals surface area contributed by atoms with Crippen LogP contribution in [0.1, 0.15) is 28.6 Å². The average Bonchev–Trinajstić information content (AvgIpc) is 2.61. The second-order valence-corrected chi connectivity index (χ2v) is 4.88. The average molecular weight is 199 g/mol. The first-order valence-corrected chi connectivity index (χ1v) is 5.27. The largest absolute Gasteiger partial charge is 0.390 e. The molecular formula is C9H13NO2S. The normalized spacial score (nSPS) is 33.9. The SMILES string of the molecule is Cc1cnc(C2CC(O)C(O)C2)s1. The van der Waals surface area contributed by atoms with Crippen LogP contribution in [0.4, 0.5) is 0 Å². The summed E-state index contributed by atoms with van der Waals surface area (Å²) >= 11 is 1.66. The van der Waals surface area contributed by atoms with Gasteiger partial charge in [0.05, 0.1) is 17.2 Å². The Hall–Kier alpha value is -0.450. The van der Waals surface area contributed by atoms with E-state index in [1.165, 1.54) is 4.88 Å². The zero-order valence-electron chi connectivity index (χ0n) is 7.47. The fourth-order valence-electron chi connectivity index (χ4n) is 1.76. The van der Waals surface area contributed by atoms with Gasteiger partial charge in [-0.3, -0.25) is 0 Å². The van der Waals surface area contributed by atoms with Crippen molar-refractivity contribution in [2.45, 2.75) is 37.9 Å². The summed E-state index contributed by atoms with van der Waals surface area (Å²) in [7, 11) is 0. The van der Waals surface area contributed by atoms with Crippen LogP contribution in [0.3, 0.4) is 0 Å². The maximum Gasteiger partial charge on any atom is 0.0960 e. The molecule has 0 aromatic carbocycles. The van der Waals surface area contributed by atoms with Crippen LogP contribution in [0.25, 0.3) is 0 Å². The third-order valence-electron chi connectivity index (χ3n) is 2.48. The molecule has 13 heavy (non-hydrogen) atoms. The number of aromatic nitrogens is 1. The molecule has 1 aromatic heterocycles. The number of nitrogens with zero attached hydrogens (tertiary/aromatic N) is 1. The lowest BCUT2D eigenvalue weighted by molar-refractivity contribution is 0.0438. The predicted molar refractivity (Wildman–Crippen MR) is 50.8 cm³/mol. The molecule has 0 radical (unpaired) electrons. The van der Waals surface area contributed by atoms with Crippen LogP contribution in [0, 0.1) is 6.92 Å². The summed E-state index contributed by atoms with van der Waals surface area (Å²) in [5.41, 5.74) is 0. The number of aliphatic hydroxyl groups is 2. The van der Waals surface area contributed by atoms with E-state index in [1.807, 2.05) is 13.1 Å². The Morgan fingerprint density at radius 2 is 2.00 bits per heavy atom. The van der Waals surface area contributed by atoms with E-state index in [1.54, 1.807) is 11.3 Å². The van der Waals surface area contributed by atoms with E-state index in [2.05, 4.69) is 4.98 Å². The Kier molecular flexibility index (Phi) is 2.36. The topological polar surface area (TPSA) is 53.4 Å². The summed E-state index contributed by atoms with van der Waals surface area (Å²) in [5, 5.41) is 19.8. The van der Waals surface area contributed by atoms with Gasteiger partial charge in [-0.15, -0.1) is 11.3 Å². The van der Waals surface area contributed by atoms with Crippen LogP contribution < -0.4 is 0 Å². The Morgan fingerprint density at radius 1 is 1.38 bits per heavy atom. The van der Waals surface area contributed by atoms with Gasteiger partial charge in [-0.2, -0.15) is 0 Å². The van der Waals surface area contributed by atoms with Gasteiger partial charge in [0, 0.05) is 17.0 Å². The fraction of sp³-hybridized carbons (Fsp3) is 0.667. The van der Waals surface area contributed by atoms with Crippen LogP contribution in [0.15, 0.2) is 6.20 Å². The first-order chi connectivity index (χ1) is 6.16. The first-order valence-electron chi connectivity index (χ1n) is 4.45. The Morgan fingerprint density at radius 3 is 2.46 bits per heavy atom. The van der Waals surface area contributed by atoms with Crippen LogP contribution in [-0.4, -0.2) is 27.4 Å². The lowest BCUT2D eigenvalue weighted by Gasteiger charge is -2.03. The molecule has 0 amide bonds. The van der Waals surface area contributed by atoms with Gasteiger partial charge in [0.25, 0.3) is 0 Å². The van der Waals surface area contributed by atoms with E-state index < -0.39 is 12.2 Å². The van der Waals surface area contributed by atoms with Gasteiger partial charge < -0.3 is 10.2 Å². The molecule has 2 N–H and O–H groups in total. The third-order valence-corrected chi connectivity index (χ3v) is 3.56. The van der Waals surface area contributed by atoms with Crippen molar-refractivity contribution in [3.8, 4) is 0 Å². The zero-order valence-corrected chi connectivity index (χ0v) is 8.29. The highest BCUT2D eigenvalue weighted by Gasteiger charge is 2.33. The van der Waals surface area contributed by atoms with Crippen LogP contribution in [0.5, 0.6) is 0 Å². The summed E-state index contributed by atoms with van der Waals surface area (Å²) < 4.78 is 0. The highest BCUT2D eigenvalue weighted by molar-refractivity contribution is 7.11. The molecule has 3 nitrogen and oxygen atoms in total. The standard InChI is InChI=1S/C9H13NO2S/c1-5-4-10-9(13-5)6-2-7(11)8(12)3-6/h4,6-8,11-12H,2-3H2,1H3. The smallest absolute Gasteiger partial charge is 0.0960 e. The molecule has 1 aromatic rings. The van der Waals surface area contributed by atoms with Gasteiger partial charge in [-0.05, 0) is 19.8 Å². The molecule has 0 saturated heterocycles. The predicted octanol–water partition coefficient (Wildman–Crippen LogP) is 1.05. The molecule has 1 aliphatic carbocycles. The molecule has 0 aliphatic heterocycles. The summed E-state index contributed by atoms with van der Waals surface area (Å²) in [6.07, 6.45) is 2.02. The lowest BCUT2D eigenvalue weighted by atomic mass is 10.1. The van der Waals surface area contributed by atoms with Gasteiger partial charge in [0.1, 0.15) is 0 Å². The van der Waals surface area contributed by atoms with Crippen molar-refractivity contribution >= 4 is 11.3 Å². The number of thiazole rings is 1. The summed E-state index contributed by atoms with van der Waals surface area (Å²) in [5.74, 6) is 0.253. The van der Waals surface area contributed by atoms with E-state index >= 15 is 0 Å². The maximum atomic E-state index is 9.36. The number of hydrogen-bond acceptors (Lipinski definition) is 4. The van der Waals surface area contributed by atoms with Gasteiger partial charge >= 0.3 is 0 Å². The molecule has 72 valence electrons.